The smallest absolute Gasteiger partial charge is 0.0960 e. The highest BCUT2D eigenvalue weighted by molar-refractivity contribution is 7.12. The molecule has 0 saturated carbocycles. The van der Waals surface area contributed by atoms with Crippen molar-refractivity contribution in [1.29, 1.82) is 0 Å². The zero-order valence-corrected chi connectivity index (χ0v) is 11.1. The summed E-state index contributed by atoms with van der Waals surface area (Å²) in [7, 11) is 0. The van der Waals surface area contributed by atoms with Gasteiger partial charge in [0, 0.05) is 16.4 Å². The number of thiazole rings is 1. The lowest BCUT2D eigenvalue weighted by Crippen LogP contribution is -2.02. The van der Waals surface area contributed by atoms with E-state index in [2.05, 4.69) is 38.1 Å². The molecule has 2 N–H and O–H groups in total. The van der Waals surface area contributed by atoms with Crippen molar-refractivity contribution in [3.8, 4) is 11.3 Å². The van der Waals surface area contributed by atoms with E-state index in [1.54, 1.807) is 11.3 Å². The van der Waals surface area contributed by atoms with Crippen LogP contribution in [-0.2, 0) is 6.42 Å². The van der Waals surface area contributed by atoms with Crippen LogP contribution in [0.3, 0.4) is 0 Å². The van der Waals surface area contributed by atoms with E-state index in [0.29, 0.717) is 12.5 Å². The molecular formula is C14H18N2S. The second-order valence-corrected chi connectivity index (χ2v) is 5.50. The molecule has 0 aliphatic carbocycles. The molecule has 0 saturated heterocycles. The molecule has 2 nitrogen and oxygen atoms in total. The Morgan fingerprint density at radius 2 is 1.94 bits per heavy atom. The second kappa shape index (κ2) is 5.43. The lowest BCUT2D eigenvalue weighted by Gasteiger charge is -2.00. The maximum absolute atomic E-state index is 5.67. The highest BCUT2D eigenvalue weighted by Gasteiger charge is 2.14. The molecule has 0 atom stereocenters. The van der Waals surface area contributed by atoms with E-state index >= 15 is 0 Å². The topological polar surface area (TPSA) is 38.9 Å². The van der Waals surface area contributed by atoms with Gasteiger partial charge in [-0.2, -0.15) is 0 Å². The fourth-order valence-corrected chi connectivity index (χ4v) is 2.84. The summed E-state index contributed by atoms with van der Waals surface area (Å²) in [6, 6.07) is 10.4. The van der Waals surface area contributed by atoms with E-state index in [9.17, 15) is 0 Å². The van der Waals surface area contributed by atoms with Crippen LogP contribution in [0.4, 0.5) is 0 Å². The van der Waals surface area contributed by atoms with Crippen molar-refractivity contribution in [3.63, 3.8) is 0 Å². The fourth-order valence-electron chi connectivity index (χ4n) is 1.74. The number of rotatable bonds is 4. The monoisotopic (exact) mass is 246 g/mol. The Kier molecular flexibility index (Phi) is 3.92. The van der Waals surface area contributed by atoms with Crippen LogP contribution >= 0.6 is 11.3 Å². The molecule has 1 aromatic carbocycles. The number of nitrogens with two attached hydrogens (primary N) is 1. The van der Waals surface area contributed by atoms with Crippen molar-refractivity contribution in [3.05, 3.63) is 40.2 Å². The molecule has 90 valence electrons. The molecular weight excluding hydrogens is 228 g/mol. The third-order valence-electron chi connectivity index (χ3n) is 2.63. The maximum Gasteiger partial charge on any atom is 0.0960 e. The Hall–Kier alpha value is -1.19. The molecule has 0 aliphatic heterocycles. The summed E-state index contributed by atoms with van der Waals surface area (Å²) in [5, 5.41) is 1.20. The highest BCUT2D eigenvalue weighted by atomic mass is 32.1. The Labute approximate surface area is 107 Å². The number of aromatic nitrogens is 1. The summed E-state index contributed by atoms with van der Waals surface area (Å²) in [4.78, 5) is 6.07. The van der Waals surface area contributed by atoms with Gasteiger partial charge in [0.05, 0.1) is 10.7 Å². The summed E-state index contributed by atoms with van der Waals surface area (Å²) in [5.74, 6) is 0.481. The van der Waals surface area contributed by atoms with Crippen molar-refractivity contribution in [2.24, 2.45) is 5.73 Å². The molecule has 1 heterocycles. The number of hydrogen-bond donors (Lipinski definition) is 1. The predicted molar refractivity (Wildman–Crippen MR) is 74.4 cm³/mol. The van der Waals surface area contributed by atoms with Crippen LogP contribution < -0.4 is 5.73 Å². The molecule has 17 heavy (non-hydrogen) atoms. The molecule has 2 rings (SSSR count). The zero-order valence-electron chi connectivity index (χ0n) is 10.3. The quantitative estimate of drug-likeness (QED) is 0.897. The molecule has 0 aliphatic rings. The Balaban J connectivity index is 2.44. The van der Waals surface area contributed by atoms with E-state index in [4.69, 9.17) is 10.7 Å². The molecule has 0 bridgehead atoms. The van der Waals surface area contributed by atoms with Crippen molar-refractivity contribution in [2.45, 2.75) is 26.2 Å². The minimum Gasteiger partial charge on any atom is -0.330 e. The first-order chi connectivity index (χ1) is 8.22. The number of nitrogens with zero attached hydrogens (tertiary/aromatic N) is 1. The van der Waals surface area contributed by atoms with E-state index in [1.807, 2.05) is 6.07 Å². The molecule has 1 aromatic heterocycles. The van der Waals surface area contributed by atoms with Crippen molar-refractivity contribution >= 4 is 11.3 Å². The minimum absolute atomic E-state index is 0.481. The van der Waals surface area contributed by atoms with Gasteiger partial charge in [-0.3, -0.25) is 0 Å². The summed E-state index contributed by atoms with van der Waals surface area (Å²) in [6.07, 6.45) is 0.911. The largest absolute Gasteiger partial charge is 0.330 e. The molecule has 0 fully saturated rings. The van der Waals surface area contributed by atoms with Crippen molar-refractivity contribution in [1.82, 2.24) is 4.98 Å². The first-order valence-electron chi connectivity index (χ1n) is 5.97. The van der Waals surface area contributed by atoms with Crippen molar-refractivity contribution < 1.29 is 0 Å². The first-order valence-corrected chi connectivity index (χ1v) is 6.79. The standard InChI is InChI=1S/C14H18N2S/c1-10(2)14-16-13(12(17-14)8-9-15)11-6-4-3-5-7-11/h3-7,10H,8-9,15H2,1-2H3. The molecule has 0 radical (unpaired) electrons. The molecule has 0 spiro atoms. The summed E-state index contributed by atoms with van der Waals surface area (Å²) in [6.45, 7) is 5.04. The summed E-state index contributed by atoms with van der Waals surface area (Å²) >= 11 is 1.80. The van der Waals surface area contributed by atoms with Gasteiger partial charge in [-0.15, -0.1) is 11.3 Å². The normalized spacial score (nSPS) is 11.1. The Morgan fingerprint density at radius 1 is 1.24 bits per heavy atom. The molecule has 3 heteroatoms. The van der Waals surface area contributed by atoms with Crippen LogP contribution in [0.15, 0.2) is 30.3 Å². The van der Waals surface area contributed by atoms with E-state index in [0.717, 1.165) is 12.1 Å². The van der Waals surface area contributed by atoms with Crippen LogP contribution in [0.5, 0.6) is 0 Å². The van der Waals surface area contributed by atoms with Crippen molar-refractivity contribution in [2.75, 3.05) is 6.54 Å². The second-order valence-electron chi connectivity index (χ2n) is 4.38. The van der Waals surface area contributed by atoms with Gasteiger partial charge in [0.25, 0.3) is 0 Å². The Bertz CT molecular complexity index is 474. The van der Waals surface area contributed by atoms with Crippen LogP contribution in [0, 0.1) is 0 Å². The van der Waals surface area contributed by atoms with Gasteiger partial charge in [0.1, 0.15) is 0 Å². The predicted octanol–water partition coefficient (Wildman–Crippen LogP) is 3.43. The number of benzene rings is 1. The van der Waals surface area contributed by atoms with Gasteiger partial charge in [-0.1, -0.05) is 44.2 Å². The van der Waals surface area contributed by atoms with Gasteiger partial charge in [-0.05, 0) is 13.0 Å². The highest BCUT2D eigenvalue weighted by Crippen LogP contribution is 2.31. The molecule has 0 amide bonds. The average Bonchev–Trinajstić information content (AvgIpc) is 2.75. The van der Waals surface area contributed by atoms with Crippen LogP contribution in [0.2, 0.25) is 0 Å². The summed E-state index contributed by atoms with van der Waals surface area (Å²) in [5.41, 5.74) is 7.98. The molecule has 0 unspecified atom stereocenters. The van der Waals surface area contributed by atoms with Crippen LogP contribution in [0.25, 0.3) is 11.3 Å². The first kappa shape index (κ1) is 12.3. The molecule has 2 aromatic rings. The third kappa shape index (κ3) is 2.73. The van der Waals surface area contributed by atoms with Crippen LogP contribution in [0.1, 0.15) is 29.7 Å². The van der Waals surface area contributed by atoms with E-state index in [1.165, 1.54) is 15.4 Å². The SMILES string of the molecule is CC(C)c1nc(-c2ccccc2)c(CCN)s1. The van der Waals surface area contributed by atoms with Gasteiger partial charge in [0.15, 0.2) is 0 Å². The fraction of sp³-hybridized carbons (Fsp3) is 0.357. The maximum atomic E-state index is 5.67. The zero-order chi connectivity index (χ0) is 12.3. The van der Waals surface area contributed by atoms with E-state index in [-0.39, 0.29) is 0 Å². The Morgan fingerprint density at radius 3 is 2.53 bits per heavy atom. The van der Waals surface area contributed by atoms with Gasteiger partial charge < -0.3 is 5.73 Å². The van der Waals surface area contributed by atoms with E-state index < -0.39 is 0 Å². The number of hydrogen-bond acceptors (Lipinski definition) is 3. The summed E-state index contributed by atoms with van der Waals surface area (Å²) < 4.78 is 0. The van der Waals surface area contributed by atoms with Gasteiger partial charge in [0.2, 0.25) is 0 Å². The lowest BCUT2D eigenvalue weighted by atomic mass is 10.1. The lowest BCUT2D eigenvalue weighted by molar-refractivity contribution is 0.853. The van der Waals surface area contributed by atoms with Gasteiger partial charge >= 0.3 is 0 Å². The average molecular weight is 246 g/mol. The van der Waals surface area contributed by atoms with Gasteiger partial charge in [-0.25, -0.2) is 4.98 Å². The minimum atomic E-state index is 0.481. The third-order valence-corrected chi connectivity index (χ3v) is 4.04. The van der Waals surface area contributed by atoms with Crippen LogP contribution in [-0.4, -0.2) is 11.5 Å².